The zero-order valence-electron chi connectivity index (χ0n) is 12.1. The lowest BCUT2D eigenvalue weighted by Gasteiger charge is -2.07. The second-order valence-electron chi connectivity index (χ2n) is 5.17. The lowest BCUT2D eigenvalue weighted by atomic mass is 10.00. The SMILES string of the molecule is Cc1ccncc1-c1cccc2c1cnn2-c1ccccn1. The summed E-state index contributed by atoms with van der Waals surface area (Å²) >= 11 is 0. The van der Waals surface area contributed by atoms with Gasteiger partial charge in [-0.15, -0.1) is 0 Å². The zero-order valence-corrected chi connectivity index (χ0v) is 12.1. The number of aryl methyl sites for hydroxylation is 1. The first-order chi connectivity index (χ1) is 10.8. The predicted octanol–water partition coefficient (Wildman–Crippen LogP) is 3.79. The fourth-order valence-electron chi connectivity index (χ4n) is 2.69. The van der Waals surface area contributed by atoms with Gasteiger partial charge in [0.25, 0.3) is 0 Å². The standard InChI is InChI=1S/C18H14N4/c1-13-8-10-19-11-15(13)14-5-4-6-17-16(14)12-21-22(17)18-7-2-3-9-20-18/h2-12H,1H3. The molecule has 0 atom stereocenters. The van der Waals surface area contributed by atoms with Crippen molar-refractivity contribution < 1.29 is 0 Å². The number of nitrogens with zero attached hydrogens (tertiary/aromatic N) is 4. The van der Waals surface area contributed by atoms with Gasteiger partial charge in [0.2, 0.25) is 0 Å². The van der Waals surface area contributed by atoms with Crippen molar-refractivity contribution in [3.05, 3.63) is 72.8 Å². The highest BCUT2D eigenvalue weighted by molar-refractivity contribution is 5.95. The van der Waals surface area contributed by atoms with Crippen LogP contribution in [0.15, 0.2) is 67.3 Å². The topological polar surface area (TPSA) is 43.6 Å². The molecule has 22 heavy (non-hydrogen) atoms. The Morgan fingerprint density at radius 1 is 0.864 bits per heavy atom. The van der Waals surface area contributed by atoms with Crippen LogP contribution < -0.4 is 0 Å². The molecule has 4 heteroatoms. The van der Waals surface area contributed by atoms with Crippen LogP contribution >= 0.6 is 0 Å². The number of pyridine rings is 2. The molecule has 0 aliphatic carbocycles. The third-order valence-corrected chi connectivity index (χ3v) is 3.81. The molecule has 0 saturated heterocycles. The van der Waals surface area contributed by atoms with E-state index in [1.807, 2.05) is 53.6 Å². The maximum absolute atomic E-state index is 4.52. The molecule has 1 aromatic carbocycles. The van der Waals surface area contributed by atoms with E-state index in [2.05, 4.69) is 34.1 Å². The van der Waals surface area contributed by atoms with Crippen molar-refractivity contribution in [1.29, 1.82) is 0 Å². The van der Waals surface area contributed by atoms with Gasteiger partial charge < -0.3 is 0 Å². The van der Waals surface area contributed by atoms with Crippen molar-refractivity contribution in [2.75, 3.05) is 0 Å². The van der Waals surface area contributed by atoms with Crippen molar-refractivity contribution >= 4 is 10.9 Å². The van der Waals surface area contributed by atoms with Crippen LogP contribution in [0.3, 0.4) is 0 Å². The van der Waals surface area contributed by atoms with Gasteiger partial charge in [0.1, 0.15) is 0 Å². The number of rotatable bonds is 2. The van der Waals surface area contributed by atoms with Gasteiger partial charge in [0, 0.05) is 29.5 Å². The van der Waals surface area contributed by atoms with Crippen molar-refractivity contribution in [1.82, 2.24) is 19.7 Å². The number of hydrogen-bond acceptors (Lipinski definition) is 3. The Bertz CT molecular complexity index is 942. The van der Waals surface area contributed by atoms with Gasteiger partial charge >= 0.3 is 0 Å². The van der Waals surface area contributed by atoms with E-state index in [1.165, 1.54) is 5.56 Å². The summed E-state index contributed by atoms with van der Waals surface area (Å²) in [5.41, 5.74) is 4.52. The predicted molar refractivity (Wildman–Crippen MR) is 86.8 cm³/mol. The maximum Gasteiger partial charge on any atom is 0.153 e. The van der Waals surface area contributed by atoms with Crippen LogP contribution in [0.5, 0.6) is 0 Å². The fourth-order valence-corrected chi connectivity index (χ4v) is 2.69. The summed E-state index contributed by atoms with van der Waals surface area (Å²) in [6.07, 6.45) is 7.39. The smallest absolute Gasteiger partial charge is 0.153 e. The highest BCUT2D eigenvalue weighted by atomic mass is 15.3. The van der Waals surface area contributed by atoms with Gasteiger partial charge in [-0.1, -0.05) is 18.2 Å². The van der Waals surface area contributed by atoms with Gasteiger partial charge in [-0.2, -0.15) is 5.10 Å². The molecule has 0 aliphatic rings. The molecule has 106 valence electrons. The van der Waals surface area contributed by atoms with Gasteiger partial charge in [-0.05, 0) is 42.3 Å². The Morgan fingerprint density at radius 2 is 1.82 bits per heavy atom. The minimum absolute atomic E-state index is 0.817. The molecule has 0 radical (unpaired) electrons. The third kappa shape index (κ3) is 1.97. The van der Waals surface area contributed by atoms with Crippen LogP contribution in [0.25, 0.3) is 27.8 Å². The van der Waals surface area contributed by atoms with E-state index in [4.69, 9.17) is 0 Å². The van der Waals surface area contributed by atoms with Crippen molar-refractivity contribution in [2.45, 2.75) is 6.92 Å². The normalized spacial score (nSPS) is 11.0. The molecule has 4 rings (SSSR count). The number of aromatic nitrogens is 4. The monoisotopic (exact) mass is 286 g/mol. The fraction of sp³-hybridized carbons (Fsp3) is 0.0556. The Morgan fingerprint density at radius 3 is 2.64 bits per heavy atom. The van der Waals surface area contributed by atoms with Crippen LogP contribution in [-0.4, -0.2) is 19.7 Å². The highest BCUT2D eigenvalue weighted by Crippen LogP contribution is 2.30. The van der Waals surface area contributed by atoms with E-state index < -0.39 is 0 Å². The lowest BCUT2D eigenvalue weighted by Crippen LogP contribution is -1.98. The summed E-state index contributed by atoms with van der Waals surface area (Å²) in [7, 11) is 0. The first-order valence-electron chi connectivity index (χ1n) is 7.14. The average Bonchev–Trinajstić information content (AvgIpc) is 3.00. The molecule has 0 unspecified atom stereocenters. The number of benzene rings is 1. The van der Waals surface area contributed by atoms with E-state index in [-0.39, 0.29) is 0 Å². The molecule has 0 amide bonds. The van der Waals surface area contributed by atoms with Gasteiger partial charge in [0.05, 0.1) is 11.7 Å². The van der Waals surface area contributed by atoms with Crippen molar-refractivity contribution in [2.24, 2.45) is 0 Å². The molecule has 3 heterocycles. The lowest BCUT2D eigenvalue weighted by molar-refractivity contribution is 0.875. The van der Waals surface area contributed by atoms with E-state index in [9.17, 15) is 0 Å². The van der Waals surface area contributed by atoms with Crippen molar-refractivity contribution in [3.63, 3.8) is 0 Å². The highest BCUT2D eigenvalue weighted by Gasteiger charge is 2.11. The summed E-state index contributed by atoms with van der Waals surface area (Å²) < 4.78 is 1.87. The first kappa shape index (κ1) is 12.7. The second-order valence-corrected chi connectivity index (χ2v) is 5.17. The zero-order chi connectivity index (χ0) is 14.9. The molecule has 0 aliphatic heterocycles. The molecule has 0 bridgehead atoms. The van der Waals surface area contributed by atoms with E-state index in [0.717, 1.165) is 27.8 Å². The number of hydrogen-bond donors (Lipinski definition) is 0. The molecular weight excluding hydrogens is 272 g/mol. The van der Waals surface area contributed by atoms with Gasteiger partial charge in [-0.25, -0.2) is 9.67 Å². The van der Waals surface area contributed by atoms with Gasteiger partial charge in [0.15, 0.2) is 5.82 Å². The molecule has 0 spiro atoms. The number of fused-ring (bicyclic) bond motifs is 1. The molecule has 0 saturated carbocycles. The maximum atomic E-state index is 4.52. The minimum atomic E-state index is 0.817. The summed E-state index contributed by atoms with van der Waals surface area (Å²) in [4.78, 5) is 8.63. The largest absolute Gasteiger partial charge is 0.264 e. The second kappa shape index (κ2) is 5.07. The van der Waals surface area contributed by atoms with Crippen LogP contribution in [-0.2, 0) is 0 Å². The molecule has 0 fully saturated rings. The van der Waals surface area contributed by atoms with Crippen molar-refractivity contribution in [3.8, 4) is 16.9 Å². The third-order valence-electron chi connectivity index (χ3n) is 3.81. The summed E-state index contributed by atoms with van der Waals surface area (Å²) in [6, 6.07) is 14.1. The van der Waals surface area contributed by atoms with E-state index in [0.29, 0.717) is 0 Å². The Balaban J connectivity index is 1.97. The van der Waals surface area contributed by atoms with Crippen LogP contribution in [0.4, 0.5) is 0 Å². The molecule has 4 aromatic rings. The summed E-state index contributed by atoms with van der Waals surface area (Å²) in [5, 5.41) is 5.62. The van der Waals surface area contributed by atoms with Crippen LogP contribution in [0.1, 0.15) is 5.56 Å². The summed E-state index contributed by atoms with van der Waals surface area (Å²) in [5.74, 6) is 0.817. The molecule has 4 nitrogen and oxygen atoms in total. The van der Waals surface area contributed by atoms with Crippen LogP contribution in [0.2, 0.25) is 0 Å². The summed E-state index contributed by atoms with van der Waals surface area (Å²) in [6.45, 7) is 2.10. The first-order valence-corrected chi connectivity index (χ1v) is 7.14. The van der Waals surface area contributed by atoms with Gasteiger partial charge in [-0.3, -0.25) is 4.98 Å². The van der Waals surface area contributed by atoms with E-state index in [1.54, 1.807) is 6.20 Å². The van der Waals surface area contributed by atoms with E-state index >= 15 is 0 Å². The quantitative estimate of drug-likeness (QED) is 0.563. The minimum Gasteiger partial charge on any atom is -0.264 e. The molecule has 0 N–H and O–H groups in total. The molecule has 3 aromatic heterocycles. The Hall–Kier alpha value is -3.01. The Labute approximate surface area is 128 Å². The average molecular weight is 286 g/mol. The molecular formula is C18H14N4. The van der Waals surface area contributed by atoms with Crippen LogP contribution in [0, 0.1) is 6.92 Å². The Kier molecular flexibility index (Phi) is 2.93.